The van der Waals surface area contributed by atoms with Crippen molar-refractivity contribution in [3.63, 3.8) is 0 Å². The molecular weight excluding hydrogens is 259 g/mol. The van der Waals surface area contributed by atoms with Crippen LogP contribution < -0.4 is 4.74 Å². The van der Waals surface area contributed by atoms with Gasteiger partial charge in [0.25, 0.3) is 0 Å². The van der Waals surface area contributed by atoms with Crippen LogP contribution in [0, 0.1) is 0 Å². The molecule has 0 N–H and O–H groups in total. The maximum absolute atomic E-state index is 10.7. The number of rotatable bonds is 4. The molecule has 0 heterocycles. The highest BCUT2D eigenvalue weighted by Gasteiger charge is 2.07. The van der Waals surface area contributed by atoms with E-state index in [0.717, 1.165) is 5.56 Å². The molecule has 15 heavy (non-hydrogen) atoms. The van der Waals surface area contributed by atoms with Crippen LogP contribution in [0.5, 0.6) is 5.75 Å². The summed E-state index contributed by atoms with van der Waals surface area (Å²) in [6, 6.07) is 5.11. The third kappa shape index (κ3) is 4.28. The average molecular weight is 269 g/mol. The Morgan fingerprint density at radius 1 is 1.40 bits per heavy atom. The van der Waals surface area contributed by atoms with Gasteiger partial charge in [0.2, 0.25) is 9.05 Å². The molecule has 0 amide bonds. The van der Waals surface area contributed by atoms with Crippen LogP contribution in [0.4, 0.5) is 0 Å². The molecular formula is C9H10Cl2O3S. The minimum atomic E-state index is -3.45. The van der Waals surface area contributed by atoms with Crippen molar-refractivity contribution in [1.82, 2.24) is 0 Å². The Morgan fingerprint density at radius 3 is 2.60 bits per heavy atom. The van der Waals surface area contributed by atoms with E-state index in [1.54, 1.807) is 18.2 Å². The van der Waals surface area contributed by atoms with E-state index in [-0.39, 0.29) is 5.75 Å². The van der Waals surface area contributed by atoms with Gasteiger partial charge in [-0.05, 0) is 24.1 Å². The van der Waals surface area contributed by atoms with Crippen molar-refractivity contribution in [3.8, 4) is 5.75 Å². The average Bonchev–Trinajstić information content (AvgIpc) is 2.15. The monoisotopic (exact) mass is 268 g/mol. The van der Waals surface area contributed by atoms with Crippen molar-refractivity contribution in [2.45, 2.75) is 6.42 Å². The maximum atomic E-state index is 10.7. The Hall–Kier alpha value is -0.450. The Kier molecular flexibility index (Phi) is 4.25. The van der Waals surface area contributed by atoms with Gasteiger partial charge in [0.05, 0.1) is 17.9 Å². The van der Waals surface area contributed by atoms with Crippen LogP contribution in [-0.4, -0.2) is 21.3 Å². The standard InChI is InChI=1S/C9H10Cl2O3S/c1-14-9-6-7(2-3-8(9)10)4-5-15(11,12)13/h2-3,6H,4-5H2,1H3. The van der Waals surface area contributed by atoms with E-state index in [1.165, 1.54) is 7.11 Å². The fourth-order valence-electron chi connectivity index (χ4n) is 1.10. The number of hydrogen-bond acceptors (Lipinski definition) is 3. The van der Waals surface area contributed by atoms with E-state index < -0.39 is 9.05 Å². The van der Waals surface area contributed by atoms with Gasteiger partial charge in [0, 0.05) is 10.7 Å². The third-order valence-electron chi connectivity index (χ3n) is 1.85. The molecule has 0 aliphatic heterocycles. The van der Waals surface area contributed by atoms with Crippen LogP contribution in [0.15, 0.2) is 18.2 Å². The van der Waals surface area contributed by atoms with E-state index in [4.69, 9.17) is 27.0 Å². The van der Waals surface area contributed by atoms with Gasteiger partial charge in [-0.2, -0.15) is 0 Å². The van der Waals surface area contributed by atoms with Crippen LogP contribution in [0.1, 0.15) is 5.56 Å². The van der Waals surface area contributed by atoms with Gasteiger partial charge < -0.3 is 4.74 Å². The Labute approximate surface area is 98.4 Å². The predicted octanol–water partition coefficient (Wildman–Crippen LogP) is 2.46. The summed E-state index contributed by atoms with van der Waals surface area (Å²) in [6.45, 7) is 0. The van der Waals surface area contributed by atoms with E-state index in [0.29, 0.717) is 17.2 Å². The summed E-state index contributed by atoms with van der Waals surface area (Å²) in [5.41, 5.74) is 0.820. The smallest absolute Gasteiger partial charge is 0.232 e. The summed E-state index contributed by atoms with van der Waals surface area (Å²) in [7, 11) is 3.15. The molecule has 0 saturated carbocycles. The van der Waals surface area contributed by atoms with Gasteiger partial charge in [0.1, 0.15) is 5.75 Å². The third-order valence-corrected chi connectivity index (χ3v) is 3.32. The number of hydrogen-bond donors (Lipinski definition) is 0. The largest absolute Gasteiger partial charge is 0.495 e. The molecule has 6 heteroatoms. The molecule has 0 bridgehead atoms. The normalized spacial score (nSPS) is 11.4. The predicted molar refractivity (Wildman–Crippen MR) is 61.3 cm³/mol. The van der Waals surface area contributed by atoms with Crippen LogP contribution in [0.2, 0.25) is 5.02 Å². The van der Waals surface area contributed by atoms with Crippen molar-refractivity contribution in [1.29, 1.82) is 0 Å². The minimum absolute atomic E-state index is 0.0979. The van der Waals surface area contributed by atoms with Crippen molar-refractivity contribution >= 4 is 31.3 Å². The molecule has 84 valence electrons. The number of ether oxygens (including phenoxy) is 1. The van der Waals surface area contributed by atoms with Crippen LogP contribution in [0.25, 0.3) is 0 Å². The van der Waals surface area contributed by atoms with E-state index in [9.17, 15) is 8.42 Å². The number of methoxy groups -OCH3 is 1. The summed E-state index contributed by atoms with van der Waals surface area (Å²) in [5, 5.41) is 0.495. The Morgan fingerprint density at radius 2 is 2.07 bits per heavy atom. The highest BCUT2D eigenvalue weighted by molar-refractivity contribution is 8.13. The maximum Gasteiger partial charge on any atom is 0.232 e. The molecule has 0 unspecified atom stereocenters. The number of halogens is 2. The zero-order chi connectivity index (χ0) is 11.5. The first-order chi connectivity index (χ1) is 6.92. The van der Waals surface area contributed by atoms with Gasteiger partial charge in [-0.3, -0.25) is 0 Å². The molecule has 0 fully saturated rings. The zero-order valence-electron chi connectivity index (χ0n) is 8.04. The SMILES string of the molecule is COc1cc(CCS(=O)(=O)Cl)ccc1Cl. The quantitative estimate of drug-likeness (QED) is 0.788. The lowest BCUT2D eigenvalue weighted by Gasteiger charge is -2.05. The first-order valence-electron chi connectivity index (χ1n) is 4.17. The minimum Gasteiger partial charge on any atom is -0.495 e. The van der Waals surface area contributed by atoms with E-state index in [1.807, 2.05) is 0 Å². The van der Waals surface area contributed by atoms with Gasteiger partial charge in [0.15, 0.2) is 0 Å². The second-order valence-corrected chi connectivity index (χ2v) is 6.27. The first kappa shape index (κ1) is 12.6. The van der Waals surface area contributed by atoms with Crippen molar-refractivity contribution < 1.29 is 13.2 Å². The van der Waals surface area contributed by atoms with Crippen LogP contribution >= 0.6 is 22.3 Å². The molecule has 1 aromatic rings. The fraction of sp³-hybridized carbons (Fsp3) is 0.333. The van der Waals surface area contributed by atoms with Gasteiger partial charge >= 0.3 is 0 Å². The molecule has 0 radical (unpaired) electrons. The molecule has 0 aliphatic carbocycles. The molecule has 0 aromatic heterocycles. The lowest BCUT2D eigenvalue weighted by atomic mass is 10.2. The zero-order valence-corrected chi connectivity index (χ0v) is 10.4. The summed E-state index contributed by atoms with van der Waals surface area (Å²) < 4.78 is 26.5. The molecule has 1 rings (SSSR count). The Balaban J connectivity index is 2.79. The first-order valence-corrected chi connectivity index (χ1v) is 7.03. The topological polar surface area (TPSA) is 43.4 Å². The Bertz CT molecular complexity index is 443. The van der Waals surface area contributed by atoms with E-state index >= 15 is 0 Å². The number of benzene rings is 1. The highest BCUT2D eigenvalue weighted by atomic mass is 35.7. The van der Waals surface area contributed by atoms with Crippen LogP contribution in [0.3, 0.4) is 0 Å². The molecule has 0 saturated heterocycles. The lowest BCUT2D eigenvalue weighted by molar-refractivity contribution is 0.414. The van der Waals surface area contributed by atoms with Crippen molar-refractivity contribution in [3.05, 3.63) is 28.8 Å². The second kappa shape index (κ2) is 5.05. The molecule has 1 aromatic carbocycles. The number of aryl methyl sites for hydroxylation is 1. The van der Waals surface area contributed by atoms with Gasteiger partial charge in [-0.1, -0.05) is 17.7 Å². The summed E-state index contributed by atoms with van der Waals surface area (Å²) >= 11 is 5.82. The molecule has 0 spiro atoms. The van der Waals surface area contributed by atoms with E-state index in [2.05, 4.69) is 0 Å². The van der Waals surface area contributed by atoms with Gasteiger partial charge in [-0.25, -0.2) is 8.42 Å². The van der Waals surface area contributed by atoms with Crippen LogP contribution in [-0.2, 0) is 15.5 Å². The molecule has 0 atom stereocenters. The summed E-state index contributed by atoms with van der Waals surface area (Å²) in [6.07, 6.45) is 0.347. The molecule has 3 nitrogen and oxygen atoms in total. The fourth-order valence-corrected chi connectivity index (χ4v) is 2.01. The molecule has 0 aliphatic rings. The van der Waals surface area contributed by atoms with Crippen molar-refractivity contribution in [2.24, 2.45) is 0 Å². The summed E-state index contributed by atoms with van der Waals surface area (Å²) in [4.78, 5) is 0. The van der Waals surface area contributed by atoms with Gasteiger partial charge in [-0.15, -0.1) is 0 Å². The highest BCUT2D eigenvalue weighted by Crippen LogP contribution is 2.25. The second-order valence-electron chi connectivity index (χ2n) is 2.96. The van der Waals surface area contributed by atoms with Crippen molar-refractivity contribution in [2.75, 3.05) is 12.9 Å². The lowest BCUT2D eigenvalue weighted by Crippen LogP contribution is -2.01. The summed E-state index contributed by atoms with van der Waals surface area (Å²) in [5.74, 6) is 0.431.